The van der Waals surface area contributed by atoms with Gasteiger partial charge in [-0.05, 0) is 266 Å². The standard InChI is InChI=1S/4C28H24F3NO4/c4*1-15-14-17-6-4-5-7-18(17)23(21(15)25(26(33)34)36-27(2,3)28(29,30)31)19-8-9-20-22-16(11-13-35-20)10-12-32-24(19)22/h4*4-10,12,14,25H,11,13H2,1-3H3,(H,33,34)/t4*25-/m1100/s1. The number of benzene rings is 12. The Bertz CT molecular complexity index is 6920. The zero-order valence-electron chi connectivity index (χ0n) is 79.8. The van der Waals surface area contributed by atoms with Gasteiger partial charge in [0.05, 0.1) is 48.5 Å². The smallest absolute Gasteiger partial charge is 0.416 e. The number of carboxylic acid groups (broad SMARTS) is 4. The zero-order chi connectivity index (χ0) is 103. The van der Waals surface area contributed by atoms with Crippen LogP contribution in [0.25, 0.3) is 131 Å². The molecular weight excluding hydrogens is 1890 g/mol. The number of pyridine rings is 4. The van der Waals surface area contributed by atoms with E-state index in [0.29, 0.717) is 185 Å². The highest BCUT2D eigenvalue weighted by Crippen LogP contribution is 2.54. The van der Waals surface area contributed by atoms with E-state index in [0.717, 1.165) is 121 Å². The molecule has 4 aliphatic rings. The average molecular weight is 1980 g/mol. The molecule has 0 unspecified atom stereocenters. The molecule has 0 fully saturated rings. The Labute approximate surface area is 816 Å². The van der Waals surface area contributed by atoms with Crippen LogP contribution in [0.3, 0.4) is 0 Å². The van der Waals surface area contributed by atoms with Crippen LogP contribution < -0.4 is 18.9 Å². The summed E-state index contributed by atoms with van der Waals surface area (Å²) in [6, 6.07) is 58.6. The van der Waals surface area contributed by atoms with E-state index in [4.69, 9.17) is 37.9 Å². The number of hydrogen-bond donors (Lipinski definition) is 4. The van der Waals surface area contributed by atoms with Gasteiger partial charge >= 0.3 is 48.6 Å². The number of aliphatic carboxylic acids is 4. The van der Waals surface area contributed by atoms with Crippen molar-refractivity contribution in [2.45, 2.75) is 180 Å². The topological polar surface area (TPSA) is 275 Å². The highest BCUT2D eigenvalue weighted by atomic mass is 19.4. The van der Waals surface area contributed by atoms with Gasteiger partial charge in [-0.15, -0.1) is 0 Å². The van der Waals surface area contributed by atoms with E-state index in [9.17, 15) is 92.3 Å². The third kappa shape index (κ3) is 18.8. The summed E-state index contributed by atoms with van der Waals surface area (Å²) in [6.07, 6.45) is -17.1. The number of rotatable bonds is 20. The Morgan fingerprint density at radius 2 is 0.472 bits per heavy atom. The molecule has 0 amide bonds. The number of nitrogens with zero attached hydrogens (tertiary/aromatic N) is 4. The Kier molecular flexibility index (Phi) is 26.8. The minimum atomic E-state index is -4.77. The number of ether oxygens (including phenoxy) is 8. The van der Waals surface area contributed by atoms with Crippen molar-refractivity contribution in [1.29, 1.82) is 0 Å². The average Bonchev–Trinajstić information content (AvgIpc) is 0.740. The van der Waals surface area contributed by atoms with Crippen LogP contribution in [0.2, 0.25) is 0 Å². The molecule has 0 spiro atoms. The quantitative estimate of drug-likeness (QED) is 0.0516. The van der Waals surface area contributed by atoms with Crippen LogP contribution in [-0.2, 0) is 63.8 Å². The third-order valence-corrected chi connectivity index (χ3v) is 26.9. The van der Waals surface area contributed by atoms with Crippen LogP contribution >= 0.6 is 0 Å². The Morgan fingerprint density at radius 1 is 0.285 bits per heavy atom. The van der Waals surface area contributed by atoms with E-state index >= 15 is 0 Å². The van der Waals surface area contributed by atoms with Crippen molar-refractivity contribution < 1.29 is 130 Å². The van der Waals surface area contributed by atoms with Gasteiger partial charge in [-0.1, -0.05) is 121 Å². The summed E-state index contributed by atoms with van der Waals surface area (Å²) in [4.78, 5) is 68.3. The number of alkyl halides is 12. The maximum absolute atomic E-state index is 13.8. The summed E-state index contributed by atoms with van der Waals surface area (Å²) in [6.45, 7) is 15.6. The number of aryl methyl sites for hydroxylation is 4. The number of carboxylic acids is 4. The van der Waals surface area contributed by atoms with Crippen LogP contribution in [0.1, 0.15) is 147 Å². The molecule has 4 N–H and O–H groups in total. The van der Waals surface area contributed by atoms with Crippen molar-refractivity contribution in [3.05, 3.63) is 286 Å². The van der Waals surface area contributed by atoms with Crippen molar-refractivity contribution in [2.75, 3.05) is 26.4 Å². The Hall–Kier alpha value is -14.6. The van der Waals surface area contributed by atoms with Gasteiger partial charge in [0.25, 0.3) is 0 Å². The highest BCUT2D eigenvalue weighted by Gasteiger charge is 2.56. The Morgan fingerprint density at radius 3 is 0.653 bits per heavy atom. The molecule has 20 rings (SSSR count). The molecule has 16 aromatic rings. The van der Waals surface area contributed by atoms with Gasteiger partial charge in [0.1, 0.15) is 23.0 Å². The van der Waals surface area contributed by atoms with E-state index in [-0.39, 0.29) is 22.3 Å². The SMILES string of the molecule is Cc1cc2ccccc2c(-c2ccc3c4c(ccnc24)CCO3)c1[C@@H](OC(C)(C)C(F)(F)F)C(=O)O.Cc1cc2ccccc2c(-c2ccc3c4c(ccnc24)CCO3)c1[C@@H](OC(C)(C)C(F)(F)F)C(=O)O.Cc1cc2ccccc2c(-c2ccc3c4c(ccnc24)CCO3)c1[C@H](OC(C)(C)C(F)(F)F)C(=O)O.Cc1cc2ccccc2c(-c2ccc3c4c(ccnc24)CCO3)c1[C@H](OC(C)(C)C(F)(F)F)C(=O)O. The molecule has 20 nitrogen and oxygen atoms in total. The molecule has 4 atom stereocenters. The molecule has 0 bridgehead atoms. The van der Waals surface area contributed by atoms with Gasteiger partial charge in [-0.25, -0.2) is 19.2 Å². The van der Waals surface area contributed by atoms with Gasteiger partial charge in [0.15, 0.2) is 46.8 Å². The number of fused-ring (bicyclic) bond motifs is 4. The summed E-state index contributed by atoms with van der Waals surface area (Å²) >= 11 is 0. The molecule has 4 aliphatic heterocycles. The summed E-state index contributed by atoms with van der Waals surface area (Å²) in [7, 11) is 0. The Balaban J connectivity index is 0.000000132. The molecule has 4 aromatic heterocycles. The van der Waals surface area contributed by atoms with Gasteiger partial charge in [0.2, 0.25) is 0 Å². The predicted octanol–water partition coefficient (Wildman–Crippen LogP) is 27.1. The van der Waals surface area contributed by atoms with E-state index in [1.165, 1.54) is 0 Å². The lowest BCUT2D eigenvalue weighted by atomic mass is 9.85. The lowest BCUT2D eigenvalue weighted by Crippen LogP contribution is -2.44. The summed E-state index contributed by atoms with van der Waals surface area (Å²) in [5.74, 6) is -3.35. The van der Waals surface area contributed by atoms with E-state index in [1.807, 2.05) is 121 Å². The van der Waals surface area contributed by atoms with Crippen LogP contribution in [-0.4, -0.2) is 138 Å². The lowest BCUT2D eigenvalue weighted by Gasteiger charge is -2.33. The molecule has 12 aromatic carbocycles. The minimum absolute atomic E-state index is 0.165. The largest absolute Gasteiger partial charge is 0.493 e. The van der Waals surface area contributed by atoms with Crippen LogP contribution in [0.5, 0.6) is 23.0 Å². The molecule has 0 aliphatic carbocycles. The van der Waals surface area contributed by atoms with Crippen molar-refractivity contribution in [3.63, 3.8) is 0 Å². The number of halogens is 12. The van der Waals surface area contributed by atoms with Crippen LogP contribution in [0, 0.1) is 27.7 Å². The number of hydrogen-bond acceptors (Lipinski definition) is 16. The fourth-order valence-electron chi connectivity index (χ4n) is 19.3. The number of aromatic nitrogens is 4. The second-order valence-electron chi connectivity index (χ2n) is 37.8. The van der Waals surface area contributed by atoms with Crippen molar-refractivity contribution in [2.24, 2.45) is 0 Å². The van der Waals surface area contributed by atoms with Gasteiger partial charge in [-0.2, -0.15) is 52.7 Å². The lowest BCUT2D eigenvalue weighted by molar-refractivity contribution is -0.277. The fraction of sp³-hybridized carbons (Fsp3) is 0.286. The zero-order valence-corrected chi connectivity index (χ0v) is 79.8. The first-order chi connectivity index (χ1) is 68.0. The van der Waals surface area contributed by atoms with E-state index in [1.54, 1.807) is 125 Å². The molecule has 8 heterocycles. The number of carbonyl (C=O) groups is 4. The molecule has 32 heteroatoms. The summed E-state index contributed by atoms with van der Waals surface area (Å²) in [5, 5.41) is 49.9. The maximum Gasteiger partial charge on any atom is 0.416 e. The molecule has 0 saturated heterocycles. The van der Waals surface area contributed by atoms with Crippen LogP contribution in [0.4, 0.5) is 52.7 Å². The highest BCUT2D eigenvalue weighted by molar-refractivity contribution is 6.14. The molecular formula is C112H96F12N4O16. The molecule has 144 heavy (non-hydrogen) atoms. The fourth-order valence-corrected chi connectivity index (χ4v) is 19.3. The maximum atomic E-state index is 13.8. The van der Waals surface area contributed by atoms with Crippen LogP contribution in [0.15, 0.2) is 219 Å². The van der Waals surface area contributed by atoms with Crippen molar-refractivity contribution in [1.82, 2.24) is 19.9 Å². The van der Waals surface area contributed by atoms with Gasteiger partial charge in [-0.3, -0.25) is 19.9 Å². The first-order valence-electron chi connectivity index (χ1n) is 46.1. The molecule has 0 radical (unpaired) electrons. The first-order valence-corrected chi connectivity index (χ1v) is 46.1. The summed E-state index contributed by atoms with van der Waals surface area (Å²) in [5.41, 5.74) is 2.84. The van der Waals surface area contributed by atoms with E-state index in [2.05, 4.69) is 19.9 Å². The predicted molar refractivity (Wildman–Crippen MR) is 521 cm³/mol. The van der Waals surface area contributed by atoms with Gasteiger partial charge < -0.3 is 58.3 Å². The third-order valence-electron chi connectivity index (χ3n) is 26.9. The second-order valence-corrected chi connectivity index (χ2v) is 37.8. The normalized spacial score (nSPS) is 14.6. The second kappa shape index (κ2) is 38.3. The van der Waals surface area contributed by atoms with Gasteiger partial charge in [0, 0.05) is 117 Å². The molecule has 0 saturated carbocycles. The van der Waals surface area contributed by atoms with Crippen molar-refractivity contribution in [3.8, 4) is 67.5 Å². The summed E-state index contributed by atoms with van der Waals surface area (Å²) < 4.78 is 210. The first kappa shape index (κ1) is 101. The van der Waals surface area contributed by atoms with Crippen molar-refractivity contribution >= 4 is 111 Å². The molecule has 744 valence electrons. The van der Waals surface area contributed by atoms with E-state index < -0.39 is 95.4 Å². The minimum Gasteiger partial charge on any atom is -0.493 e. The monoisotopic (exact) mass is 1980 g/mol.